The van der Waals surface area contributed by atoms with Crippen molar-refractivity contribution < 1.29 is 33.0 Å². The van der Waals surface area contributed by atoms with Gasteiger partial charge in [-0.05, 0) is 58.1 Å². The number of carbonyl (C=O) groups is 1. The molecule has 5 aromatic rings. The highest BCUT2D eigenvalue weighted by Crippen LogP contribution is 2.48. The van der Waals surface area contributed by atoms with Crippen molar-refractivity contribution in [3.8, 4) is 5.75 Å². The molecule has 3 aromatic carbocycles. The number of ether oxygens (including phenoxy) is 2. The van der Waals surface area contributed by atoms with Crippen LogP contribution in [0.25, 0.3) is 32.7 Å². The number of anilines is 1. The Morgan fingerprint density at radius 2 is 1.67 bits per heavy atom. The lowest BCUT2D eigenvalue weighted by Crippen LogP contribution is -2.45. The molecule has 0 amide bonds. The highest BCUT2D eigenvalue weighted by Gasteiger charge is 2.41. The number of hydrogen-bond donors (Lipinski definition) is 3. The lowest BCUT2D eigenvalue weighted by atomic mass is 10.1. The van der Waals surface area contributed by atoms with E-state index < -0.39 is 37.7 Å². The molecule has 3 atom stereocenters. The summed E-state index contributed by atoms with van der Waals surface area (Å²) in [7, 11) is -4.44. The maximum Gasteiger partial charge on any atom is 0.459 e. The number of fused-ring (bicyclic) bond motifs is 4. The highest BCUT2D eigenvalue weighted by atomic mass is 31.2. The summed E-state index contributed by atoms with van der Waals surface area (Å²) in [6.07, 6.45) is 0. The maximum absolute atomic E-state index is 14.9. The number of nitrogen functional groups attached to an aromatic ring is 1. The summed E-state index contributed by atoms with van der Waals surface area (Å²) >= 11 is 0. The molecule has 48 heavy (non-hydrogen) atoms. The van der Waals surface area contributed by atoms with E-state index in [4.69, 9.17) is 29.2 Å². The van der Waals surface area contributed by atoms with Crippen LogP contribution in [-0.2, 0) is 35.7 Å². The Morgan fingerprint density at radius 3 is 2.35 bits per heavy atom. The summed E-state index contributed by atoms with van der Waals surface area (Å²) in [5.74, 6) is -0.183. The Balaban J connectivity index is 1.59. The van der Waals surface area contributed by atoms with E-state index in [2.05, 4.69) is 10.1 Å². The Kier molecular flexibility index (Phi) is 10.1. The standard InChI is InChI=1S/C35H44N5O7P/c1-8-44-20-28-38-30-31(25-17-11-12-18-26(25)37-32(30)36)40(28)35(7,42)21-45-48(43,39-29(22(2)3)33(41)46-34(4,5)6)47-27-19-13-15-23-14-9-10-16-24(23)27/h9-19,22,29,42H,8,20-21H2,1-7H3,(H2,36,37)(H,39,43)/t29-,35?,48?/m0/s1. The van der Waals surface area contributed by atoms with Crippen LogP contribution in [0.5, 0.6) is 5.75 Å². The average molecular weight is 678 g/mol. The number of aliphatic hydroxyl groups is 1. The second-order valence-corrected chi connectivity index (χ2v) is 14.8. The molecule has 0 aliphatic heterocycles. The van der Waals surface area contributed by atoms with Gasteiger partial charge >= 0.3 is 13.7 Å². The summed E-state index contributed by atoms with van der Waals surface area (Å²) in [4.78, 5) is 22.6. The molecule has 13 heteroatoms. The third-order valence-electron chi connectivity index (χ3n) is 7.61. The number of pyridine rings is 1. The Hall–Kier alpha value is -4.06. The number of imidazole rings is 1. The summed E-state index contributed by atoms with van der Waals surface area (Å²) in [5.41, 5.74) is 5.16. The minimum atomic E-state index is -4.44. The largest absolute Gasteiger partial charge is 0.459 e. The summed E-state index contributed by atoms with van der Waals surface area (Å²) in [6.45, 7) is 12.1. The number of rotatable bonds is 13. The van der Waals surface area contributed by atoms with Gasteiger partial charge in [-0.3, -0.25) is 13.9 Å². The molecule has 0 aliphatic rings. The van der Waals surface area contributed by atoms with Gasteiger partial charge in [0.25, 0.3) is 0 Å². The fraction of sp³-hybridized carbons (Fsp3) is 0.400. The molecule has 0 radical (unpaired) electrons. The van der Waals surface area contributed by atoms with Crippen molar-refractivity contribution in [1.29, 1.82) is 0 Å². The molecule has 0 saturated carbocycles. The minimum Gasteiger partial charge on any atom is -0.459 e. The third kappa shape index (κ3) is 7.64. The number of esters is 1. The van der Waals surface area contributed by atoms with Gasteiger partial charge in [0, 0.05) is 17.4 Å². The van der Waals surface area contributed by atoms with E-state index >= 15 is 0 Å². The van der Waals surface area contributed by atoms with Crippen molar-refractivity contribution >= 4 is 52.2 Å². The SMILES string of the molecule is CCOCc1nc2c(N)nc3ccccc3c2n1C(C)(O)COP(=O)(N[C@H](C(=O)OC(C)(C)C)C(C)C)Oc1cccc2ccccc12. The Bertz CT molecular complexity index is 1980. The van der Waals surface area contributed by atoms with Crippen molar-refractivity contribution in [3.63, 3.8) is 0 Å². The van der Waals surface area contributed by atoms with Crippen LogP contribution in [0.15, 0.2) is 66.7 Å². The zero-order valence-corrected chi connectivity index (χ0v) is 29.3. The van der Waals surface area contributed by atoms with Crippen molar-refractivity contribution in [3.05, 3.63) is 72.6 Å². The fourth-order valence-electron chi connectivity index (χ4n) is 5.43. The molecular formula is C35H44N5O7P. The molecule has 256 valence electrons. The molecular weight excluding hydrogens is 633 g/mol. The van der Waals surface area contributed by atoms with E-state index in [1.54, 1.807) is 51.3 Å². The molecule has 0 spiro atoms. The van der Waals surface area contributed by atoms with Gasteiger partial charge in [-0.15, -0.1) is 0 Å². The smallest absolute Gasteiger partial charge is 0.459 e. The summed E-state index contributed by atoms with van der Waals surface area (Å²) < 4.78 is 40.1. The van der Waals surface area contributed by atoms with E-state index in [9.17, 15) is 14.5 Å². The van der Waals surface area contributed by atoms with Gasteiger partial charge in [-0.1, -0.05) is 68.4 Å². The minimum absolute atomic E-state index is 0.0472. The van der Waals surface area contributed by atoms with Crippen LogP contribution in [-0.4, -0.2) is 50.5 Å². The van der Waals surface area contributed by atoms with E-state index in [-0.39, 0.29) is 24.1 Å². The zero-order chi connectivity index (χ0) is 34.9. The Morgan fingerprint density at radius 1 is 1.00 bits per heavy atom. The van der Waals surface area contributed by atoms with E-state index in [0.29, 0.717) is 39.8 Å². The number of nitrogens with one attached hydrogen (secondary N) is 1. The highest BCUT2D eigenvalue weighted by molar-refractivity contribution is 7.52. The van der Waals surface area contributed by atoms with Gasteiger partial charge in [-0.2, -0.15) is 5.09 Å². The predicted octanol–water partition coefficient (Wildman–Crippen LogP) is 6.68. The quantitative estimate of drug-likeness (QED) is 0.0901. The van der Waals surface area contributed by atoms with Crippen LogP contribution in [0, 0.1) is 5.92 Å². The van der Waals surface area contributed by atoms with Crippen LogP contribution in [0.4, 0.5) is 5.82 Å². The number of hydrogen-bond acceptors (Lipinski definition) is 10. The van der Waals surface area contributed by atoms with Gasteiger partial charge in [0.15, 0.2) is 11.5 Å². The molecule has 2 unspecified atom stereocenters. The molecule has 2 heterocycles. The second kappa shape index (κ2) is 13.8. The van der Waals surface area contributed by atoms with Crippen LogP contribution < -0.4 is 15.3 Å². The van der Waals surface area contributed by atoms with Crippen LogP contribution in [0.3, 0.4) is 0 Å². The van der Waals surface area contributed by atoms with Crippen molar-refractivity contribution in [2.45, 2.75) is 72.4 Å². The van der Waals surface area contributed by atoms with Gasteiger partial charge in [0.1, 0.15) is 41.9 Å². The van der Waals surface area contributed by atoms with Gasteiger partial charge in [0.2, 0.25) is 0 Å². The number of para-hydroxylation sites is 1. The van der Waals surface area contributed by atoms with E-state index in [1.165, 1.54) is 6.92 Å². The number of aromatic nitrogens is 3. The first kappa shape index (κ1) is 35.3. The van der Waals surface area contributed by atoms with Crippen molar-refractivity contribution in [2.24, 2.45) is 5.92 Å². The van der Waals surface area contributed by atoms with Crippen molar-refractivity contribution in [2.75, 3.05) is 18.9 Å². The van der Waals surface area contributed by atoms with E-state index in [0.717, 1.165) is 5.39 Å². The molecule has 4 N–H and O–H groups in total. The summed E-state index contributed by atoms with van der Waals surface area (Å²) in [5, 5.41) is 17.3. The first-order chi connectivity index (χ1) is 22.6. The van der Waals surface area contributed by atoms with Crippen LogP contribution in [0.2, 0.25) is 0 Å². The summed E-state index contributed by atoms with van der Waals surface area (Å²) in [6, 6.07) is 19.1. The molecule has 0 fully saturated rings. The lowest BCUT2D eigenvalue weighted by molar-refractivity contribution is -0.158. The molecule has 2 aromatic heterocycles. The monoisotopic (exact) mass is 677 g/mol. The maximum atomic E-state index is 14.9. The van der Waals surface area contributed by atoms with Gasteiger partial charge in [0.05, 0.1) is 11.0 Å². The first-order valence-electron chi connectivity index (χ1n) is 15.9. The van der Waals surface area contributed by atoms with Crippen LogP contribution >= 0.6 is 7.75 Å². The average Bonchev–Trinajstić information content (AvgIpc) is 3.43. The van der Waals surface area contributed by atoms with Crippen LogP contribution in [0.1, 0.15) is 54.3 Å². The third-order valence-corrected chi connectivity index (χ3v) is 9.11. The molecule has 0 aliphatic carbocycles. The molecule has 12 nitrogen and oxygen atoms in total. The topological polar surface area (TPSA) is 160 Å². The molecule has 5 rings (SSSR count). The normalized spacial score (nSPS) is 15.4. The molecule has 0 bridgehead atoms. The van der Waals surface area contributed by atoms with Gasteiger partial charge < -0.3 is 24.8 Å². The number of nitrogens with two attached hydrogens (primary N) is 1. The first-order valence-corrected chi connectivity index (χ1v) is 17.5. The number of nitrogens with zero attached hydrogens (tertiary/aromatic N) is 3. The predicted molar refractivity (Wildman–Crippen MR) is 186 cm³/mol. The fourth-order valence-corrected chi connectivity index (χ4v) is 7.19. The zero-order valence-electron chi connectivity index (χ0n) is 28.4. The van der Waals surface area contributed by atoms with Crippen molar-refractivity contribution in [1.82, 2.24) is 19.6 Å². The second-order valence-electron chi connectivity index (χ2n) is 13.2. The number of benzene rings is 3. The molecule has 0 saturated heterocycles. The lowest BCUT2D eigenvalue weighted by Gasteiger charge is -2.32. The number of carbonyl (C=O) groups excluding carboxylic acids is 1. The van der Waals surface area contributed by atoms with E-state index in [1.807, 2.05) is 61.5 Å². The Labute approximate surface area is 280 Å². The van der Waals surface area contributed by atoms with Gasteiger partial charge in [-0.25, -0.2) is 14.5 Å².